The van der Waals surface area contributed by atoms with E-state index in [0.717, 1.165) is 15.8 Å². The standard InChI is InChI=1S/C15H19BrO2/c1-15(2,17)10-18-13-8-4-7-12(14(13)16)9-11-5-3-6-11/h4,7-9,17H,3,5-6,10H2,1-2H3. The van der Waals surface area contributed by atoms with Crippen LogP contribution in [-0.2, 0) is 0 Å². The summed E-state index contributed by atoms with van der Waals surface area (Å²) in [5, 5.41) is 9.68. The molecule has 0 aromatic heterocycles. The van der Waals surface area contributed by atoms with Gasteiger partial charge in [-0.3, -0.25) is 0 Å². The summed E-state index contributed by atoms with van der Waals surface area (Å²) in [5.74, 6) is 0.783. The zero-order valence-corrected chi connectivity index (χ0v) is 12.5. The van der Waals surface area contributed by atoms with E-state index in [0.29, 0.717) is 0 Å². The van der Waals surface area contributed by atoms with Crippen molar-refractivity contribution in [3.05, 3.63) is 33.8 Å². The van der Waals surface area contributed by atoms with Gasteiger partial charge in [0.25, 0.3) is 0 Å². The quantitative estimate of drug-likeness (QED) is 0.904. The van der Waals surface area contributed by atoms with Crippen LogP contribution in [0.1, 0.15) is 38.7 Å². The van der Waals surface area contributed by atoms with Gasteiger partial charge < -0.3 is 9.84 Å². The molecule has 0 spiro atoms. The monoisotopic (exact) mass is 310 g/mol. The summed E-state index contributed by atoms with van der Waals surface area (Å²) < 4.78 is 6.62. The maximum atomic E-state index is 9.68. The first kappa shape index (κ1) is 13.6. The molecule has 1 fully saturated rings. The number of aliphatic hydroxyl groups is 1. The molecule has 0 radical (unpaired) electrons. The van der Waals surface area contributed by atoms with Crippen LogP contribution in [-0.4, -0.2) is 17.3 Å². The van der Waals surface area contributed by atoms with Gasteiger partial charge in [-0.2, -0.15) is 0 Å². The van der Waals surface area contributed by atoms with E-state index in [9.17, 15) is 5.11 Å². The third-order valence-corrected chi connectivity index (χ3v) is 3.78. The minimum atomic E-state index is -0.818. The molecule has 0 bridgehead atoms. The number of halogens is 1. The smallest absolute Gasteiger partial charge is 0.134 e. The van der Waals surface area contributed by atoms with Crippen LogP contribution in [0.5, 0.6) is 5.75 Å². The van der Waals surface area contributed by atoms with Gasteiger partial charge in [0, 0.05) is 0 Å². The van der Waals surface area contributed by atoms with Crippen LogP contribution in [0.25, 0.3) is 6.08 Å². The van der Waals surface area contributed by atoms with Gasteiger partial charge in [-0.25, -0.2) is 0 Å². The lowest BCUT2D eigenvalue weighted by atomic mass is 9.91. The highest BCUT2D eigenvalue weighted by molar-refractivity contribution is 9.10. The molecule has 1 aliphatic rings. The summed E-state index contributed by atoms with van der Waals surface area (Å²) >= 11 is 3.58. The molecular formula is C15H19BrO2. The Morgan fingerprint density at radius 1 is 1.39 bits per heavy atom. The third kappa shape index (κ3) is 3.59. The van der Waals surface area contributed by atoms with Crippen molar-refractivity contribution in [1.82, 2.24) is 0 Å². The third-order valence-electron chi connectivity index (χ3n) is 2.93. The van der Waals surface area contributed by atoms with Gasteiger partial charge in [-0.05, 0) is 60.7 Å². The Balaban J connectivity index is 2.14. The predicted octanol–water partition coefficient (Wildman–Crippen LogP) is 4.17. The van der Waals surface area contributed by atoms with E-state index in [1.54, 1.807) is 13.8 Å². The molecule has 1 aromatic carbocycles. The Bertz CT molecular complexity index is 452. The van der Waals surface area contributed by atoms with E-state index in [-0.39, 0.29) is 6.61 Å². The zero-order chi connectivity index (χ0) is 13.2. The topological polar surface area (TPSA) is 29.5 Å². The van der Waals surface area contributed by atoms with E-state index in [2.05, 4.69) is 28.1 Å². The molecule has 2 rings (SSSR count). The van der Waals surface area contributed by atoms with Crippen LogP contribution in [0, 0.1) is 0 Å². The van der Waals surface area contributed by atoms with E-state index in [1.807, 2.05) is 12.1 Å². The average Bonchev–Trinajstić information content (AvgIpc) is 2.22. The van der Waals surface area contributed by atoms with E-state index >= 15 is 0 Å². The second-order valence-electron chi connectivity index (χ2n) is 5.42. The Kier molecular flexibility index (Phi) is 4.13. The Morgan fingerprint density at radius 3 is 2.67 bits per heavy atom. The van der Waals surface area contributed by atoms with Gasteiger partial charge in [0.15, 0.2) is 0 Å². The molecule has 1 aromatic rings. The van der Waals surface area contributed by atoms with Crippen LogP contribution in [0.15, 0.2) is 28.2 Å². The van der Waals surface area contributed by atoms with Crippen molar-refractivity contribution < 1.29 is 9.84 Å². The van der Waals surface area contributed by atoms with Crippen LogP contribution in [0.3, 0.4) is 0 Å². The van der Waals surface area contributed by atoms with Crippen LogP contribution >= 0.6 is 15.9 Å². The van der Waals surface area contributed by atoms with Gasteiger partial charge in [-0.1, -0.05) is 23.8 Å². The molecule has 1 aliphatic carbocycles. The molecule has 3 heteroatoms. The Hall–Kier alpha value is -0.800. The molecular weight excluding hydrogens is 292 g/mol. The largest absolute Gasteiger partial charge is 0.489 e. The number of rotatable bonds is 4. The lowest BCUT2D eigenvalue weighted by Gasteiger charge is -2.20. The number of allylic oxidation sites excluding steroid dienone is 1. The molecule has 1 N–H and O–H groups in total. The zero-order valence-electron chi connectivity index (χ0n) is 10.9. The summed E-state index contributed by atoms with van der Waals surface area (Å²) in [7, 11) is 0. The Morgan fingerprint density at radius 2 is 2.11 bits per heavy atom. The highest BCUT2D eigenvalue weighted by Crippen LogP contribution is 2.34. The SMILES string of the molecule is CC(C)(O)COc1cccc(C=C2CCC2)c1Br. The first-order valence-corrected chi connectivity index (χ1v) is 7.08. The molecule has 0 unspecified atom stereocenters. The number of hydrogen-bond acceptors (Lipinski definition) is 2. The summed E-state index contributed by atoms with van der Waals surface area (Å²) in [6.07, 6.45) is 5.95. The summed E-state index contributed by atoms with van der Waals surface area (Å²) in [5.41, 5.74) is 1.83. The van der Waals surface area contributed by atoms with Crippen LogP contribution in [0.2, 0.25) is 0 Å². The molecule has 0 amide bonds. The molecule has 0 aliphatic heterocycles. The minimum Gasteiger partial charge on any atom is -0.489 e. The normalized spacial score (nSPS) is 15.2. The van der Waals surface area contributed by atoms with E-state index in [1.165, 1.54) is 24.8 Å². The molecule has 2 nitrogen and oxygen atoms in total. The van der Waals surface area contributed by atoms with Gasteiger partial charge in [0.2, 0.25) is 0 Å². The molecule has 0 heterocycles. The van der Waals surface area contributed by atoms with Crippen molar-refractivity contribution >= 4 is 22.0 Å². The van der Waals surface area contributed by atoms with Crippen LogP contribution in [0.4, 0.5) is 0 Å². The van der Waals surface area contributed by atoms with Gasteiger partial charge in [0.05, 0.1) is 10.1 Å². The maximum absolute atomic E-state index is 9.68. The van der Waals surface area contributed by atoms with Crippen LogP contribution < -0.4 is 4.74 Å². The molecule has 1 saturated carbocycles. The van der Waals surface area contributed by atoms with Crippen molar-refractivity contribution in [1.29, 1.82) is 0 Å². The maximum Gasteiger partial charge on any atom is 0.134 e. The highest BCUT2D eigenvalue weighted by atomic mass is 79.9. The molecule has 0 atom stereocenters. The van der Waals surface area contributed by atoms with Gasteiger partial charge in [0.1, 0.15) is 12.4 Å². The Labute approximate surface area is 117 Å². The first-order chi connectivity index (χ1) is 8.46. The average molecular weight is 311 g/mol. The van der Waals surface area contributed by atoms with Crippen molar-refractivity contribution in [2.45, 2.75) is 38.7 Å². The van der Waals surface area contributed by atoms with Gasteiger partial charge in [-0.15, -0.1) is 0 Å². The van der Waals surface area contributed by atoms with Crippen molar-refractivity contribution in [3.63, 3.8) is 0 Å². The van der Waals surface area contributed by atoms with Gasteiger partial charge >= 0.3 is 0 Å². The summed E-state index contributed by atoms with van der Waals surface area (Å²) in [4.78, 5) is 0. The fourth-order valence-electron chi connectivity index (χ4n) is 1.75. The van der Waals surface area contributed by atoms with E-state index < -0.39 is 5.60 Å². The van der Waals surface area contributed by atoms with Crippen molar-refractivity contribution in [3.8, 4) is 5.75 Å². The molecule has 18 heavy (non-hydrogen) atoms. The minimum absolute atomic E-state index is 0.283. The second-order valence-corrected chi connectivity index (χ2v) is 6.21. The summed E-state index contributed by atoms with van der Waals surface area (Å²) in [6, 6.07) is 5.97. The van der Waals surface area contributed by atoms with Crippen molar-refractivity contribution in [2.75, 3.05) is 6.61 Å². The molecule has 0 saturated heterocycles. The lowest BCUT2D eigenvalue weighted by molar-refractivity contribution is 0.0282. The summed E-state index contributed by atoms with van der Waals surface area (Å²) in [6.45, 7) is 3.76. The highest BCUT2D eigenvalue weighted by Gasteiger charge is 2.15. The fraction of sp³-hybridized carbons (Fsp3) is 0.467. The fourth-order valence-corrected chi connectivity index (χ4v) is 2.24. The predicted molar refractivity (Wildman–Crippen MR) is 77.8 cm³/mol. The second kappa shape index (κ2) is 5.45. The molecule has 98 valence electrons. The van der Waals surface area contributed by atoms with Crippen molar-refractivity contribution in [2.24, 2.45) is 0 Å². The first-order valence-electron chi connectivity index (χ1n) is 6.29. The number of ether oxygens (including phenoxy) is 1. The number of benzene rings is 1. The number of hydrogen-bond donors (Lipinski definition) is 1. The lowest BCUT2D eigenvalue weighted by Crippen LogP contribution is -2.27. The van der Waals surface area contributed by atoms with E-state index in [4.69, 9.17) is 4.74 Å².